The summed E-state index contributed by atoms with van der Waals surface area (Å²) in [7, 11) is 2.08. The van der Waals surface area contributed by atoms with Crippen molar-refractivity contribution in [3.63, 3.8) is 0 Å². The van der Waals surface area contributed by atoms with E-state index in [1.54, 1.807) is 0 Å². The topological polar surface area (TPSA) is 34.2 Å². The van der Waals surface area contributed by atoms with Crippen molar-refractivity contribution in [1.29, 1.82) is 0 Å². The van der Waals surface area contributed by atoms with Crippen molar-refractivity contribution in [2.75, 3.05) is 13.7 Å². The van der Waals surface area contributed by atoms with Crippen LogP contribution < -0.4 is 5.32 Å². The second-order valence-electron chi connectivity index (χ2n) is 6.14. The van der Waals surface area contributed by atoms with E-state index in [1.165, 1.54) is 36.8 Å². The van der Waals surface area contributed by atoms with E-state index in [1.807, 2.05) is 12.4 Å². The Kier molecular flexibility index (Phi) is 3.59. The molecule has 1 aromatic rings. The lowest BCUT2D eigenvalue weighted by atomic mass is 9.69. The number of aromatic nitrogens is 1. The van der Waals surface area contributed by atoms with Crippen LogP contribution in [0.15, 0.2) is 18.5 Å². The van der Waals surface area contributed by atoms with E-state index < -0.39 is 0 Å². The Morgan fingerprint density at radius 1 is 1.47 bits per heavy atom. The highest BCUT2D eigenvalue weighted by Gasteiger charge is 2.44. The first-order valence-corrected chi connectivity index (χ1v) is 7.46. The Balaban J connectivity index is 1.80. The number of pyridine rings is 1. The smallest absolute Gasteiger partial charge is 0.0686 e. The molecule has 2 heterocycles. The number of nitrogens with one attached hydrogen (secondary N) is 1. The van der Waals surface area contributed by atoms with Crippen molar-refractivity contribution in [2.24, 2.45) is 5.92 Å². The lowest BCUT2D eigenvalue weighted by molar-refractivity contribution is -0.147. The maximum Gasteiger partial charge on any atom is 0.0686 e. The molecule has 1 spiro atoms. The van der Waals surface area contributed by atoms with Crippen LogP contribution in [-0.4, -0.2) is 24.2 Å². The summed E-state index contributed by atoms with van der Waals surface area (Å²) in [6.07, 6.45) is 10.1. The molecule has 0 bridgehead atoms. The van der Waals surface area contributed by atoms with Gasteiger partial charge in [0.15, 0.2) is 0 Å². The molecule has 2 fully saturated rings. The molecule has 1 saturated heterocycles. The van der Waals surface area contributed by atoms with Gasteiger partial charge in [-0.25, -0.2) is 0 Å². The van der Waals surface area contributed by atoms with Crippen LogP contribution in [0.3, 0.4) is 0 Å². The van der Waals surface area contributed by atoms with Gasteiger partial charge in [0, 0.05) is 25.0 Å². The summed E-state index contributed by atoms with van der Waals surface area (Å²) in [5.74, 6) is 0.681. The molecule has 1 aliphatic heterocycles. The first-order valence-electron chi connectivity index (χ1n) is 7.46. The summed E-state index contributed by atoms with van der Waals surface area (Å²) in [5.41, 5.74) is 2.91. The molecule has 19 heavy (non-hydrogen) atoms. The number of nitrogens with zero attached hydrogens (tertiary/aromatic N) is 1. The van der Waals surface area contributed by atoms with Crippen LogP contribution in [0.25, 0.3) is 0 Å². The average Bonchev–Trinajstić information content (AvgIpc) is 2.40. The normalized spacial score (nSPS) is 26.9. The molecule has 2 unspecified atom stereocenters. The number of hydrogen-bond donors (Lipinski definition) is 1. The maximum atomic E-state index is 6.05. The molecule has 104 valence electrons. The van der Waals surface area contributed by atoms with Gasteiger partial charge < -0.3 is 10.1 Å². The summed E-state index contributed by atoms with van der Waals surface area (Å²) in [6, 6.07) is 2.60. The lowest BCUT2D eigenvalue weighted by Gasteiger charge is -2.49. The monoisotopic (exact) mass is 260 g/mol. The molecule has 1 aromatic heterocycles. The molecule has 2 atom stereocenters. The van der Waals surface area contributed by atoms with Crippen molar-refractivity contribution in [2.45, 2.75) is 50.7 Å². The molecule has 3 rings (SSSR count). The minimum absolute atomic E-state index is 0.221. The van der Waals surface area contributed by atoms with Crippen LogP contribution in [0.2, 0.25) is 0 Å². The number of aryl methyl sites for hydroxylation is 1. The fourth-order valence-corrected chi connectivity index (χ4v) is 3.75. The van der Waals surface area contributed by atoms with Gasteiger partial charge in [-0.15, -0.1) is 0 Å². The zero-order valence-corrected chi connectivity index (χ0v) is 12.0. The van der Waals surface area contributed by atoms with Gasteiger partial charge in [0.05, 0.1) is 5.60 Å². The fourth-order valence-electron chi connectivity index (χ4n) is 3.75. The first kappa shape index (κ1) is 13.1. The molecule has 0 radical (unpaired) electrons. The molecular formula is C16H24N2O. The van der Waals surface area contributed by atoms with Crippen molar-refractivity contribution < 1.29 is 4.74 Å². The van der Waals surface area contributed by atoms with E-state index in [-0.39, 0.29) is 5.60 Å². The third-order valence-electron chi connectivity index (χ3n) is 4.98. The van der Waals surface area contributed by atoms with Crippen LogP contribution >= 0.6 is 0 Å². The van der Waals surface area contributed by atoms with E-state index in [9.17, 15) is 0 Å². The molecule has 2 aliphatic rings. The van der Waals surface area contributed by atoms with Crippen molar-refractivity contribution in [1.82, 2.24) is 10.3 Å². The van der Waals surface area contributed by atoms with Gasteiger partial charge in [0.1, 0.15) is 0 Å². The Bertz CT molecular complexity index is 442. The molecule has 3 heteroatoms. The zero-order chi connectivity index (χ0) is 13.3. The minimum atomic E-state index is 0.221. The highest BCUT2D eigenvalue weighted by Crippen LogP contribution is 2.47. The van der Waals surface area contributed by atoms with Crippen molar-refractivity contribution in [3.05, 3.63) is 29.6 Å². The second kappa shape index (κ2) is 5.22. The highest BCUT2D eigenvalue weighted by molar-refractivity contribution is 5.26. The molecule has 1 saturated carbocycles. The summed E-state index contributed by atoms with van der Waals surface area (Å²) in [6.45, 7) is 3.08. The minimum Gasteiger partial charge on any atom is -0.375 e. The highest BCUT2D eigenvalue weighted by atomic mass is 16.5. The van der Waals surface area contributed by atoms with Crippen LogP contribution in [0.1, 0.15) is 49.3 Å². The van der Waals surface area contributed by atoms with Gasteiger partial charge in [-0.1, -0.05) is 0 Å². The summed E-state index contributed by atoms with van der Waals surface area (Å²) in [5, 5.41) is 3.53. The maximum absolute atomic E-state index is 6.05. The SMILES string of the molecule is CNC(c1ccncc1C)C1CCOC2(CCC2)C1. The second-order valence-corrected chi connectivity index (χ2v) is 6.14. The Labute approximate surface area is 115 Å². The van der Waals surface area contributed by atoms with Gasteiger partial charge in [-0.3, -0.25) is 4.98 Å². The Morgan fingerprint density at radius 3 is 2.95 bits per heavy atom. The molecular weight excluding hydrogens is 236 g/mol. The third-order valence-corrected chi connectivity index (χ3v) is 4.98. The first-order chi connectivity index (χ1) is 9.24. The summed E-state index contributed by atoms with van der Waals surface area (Å²) < 4.78 is 6.05. The van der Waals surface area contributed by atoms with Gasteiger partial charge in [-0.05, 0) is 69.2 Å². The Morgan fingerprint density at radius 2 is 2.32 bits per heavy atom. The number of hydrogen-bond acceptors (Lipinski definition) is 3. The van der Waals surface area contributed by atoms with Crippen molar-refractivity contribution >= 4 is 0 Å². The molecule has 1 aliphatic carbocycles. The van der Waals surface area contributed by atoms with Gasteiger partial charge >= 0.3 is 0 Å². The quantitative estimate of drug-likeness (QED) is 0.907. The zero-order valence-electron chi connectivity index (χ0n) is 12.0. The summed E-state index contributed by atoms with van der Waals surface area (Å²) in [4.78, 5) is 4.21. The van der Waals surface area contributed by atoms with E-state index in [4.69, 9.17) is 4.74 Å². The van der Waals surface area contributed by atoms with Gasteiger partial charge in [0.2, 0.25) is 0 Å². The van der Waals surface area contributed by atoms with Crippen LogP contribution in [0.4, 0.5) is 0 Å². The standard InChI is InChI=1S/C16H24N2O/c1-12-11-18-8-4-14(12)15(17-2)13-5-9-19-16(10-13)6-3-7-16/h4,8,11,13,15,17H,3,5-7,9-10H2,1-2H3. The lowest BCUT2D eigenvalue weighted by Crippen LogP contribution is -2.47. The predicted molar refractivity (Wildman–Crippen MR) is 76.0 cm³/mol. The van der Waals surface area contributed by atoms with E-state index in [2.05, 4.69) is 30.3 Å². The molecule has 1 N–H and O–H groups in total. The molecule has 0 aromatic carbocycles. The Hall–Kier alpha value is -0.930. The fraction of sp³-hybridized carbons (Fsp3) is 0.688. The predicted octanol–water partition coefficient (Wildman–Crippen LogP) is 3.00. The number of rotatable bonds is 3. The van der Waals surface area contributed by atoms with Crippen molar-refractivity contribution in [3.8, 4) is 0 Å². The largest absolute Gasteiger partial charge is 0.375 e. The number of ether oxygens (including phenoxy) is 1. The van der Waals surface area contributed by atoms with E-state index in [0.29, 0.717) is 12.0 Å². The van der Waals surface area contributed by atoms with Gasteiger partial charge in [0.25, 0.3) is 0 Å². The third kappa shape index (κ3) is 2.41. The van der Waals surface area contributed by atoms with E-state index >= 15 is 0 Å². The van der Waals surface area contributed by atoms with Gasteiger partial charge in [-0.2, -0.15) is 0 Å². The van der Waals surface area contributed by atoms with Crippen LogP contribution in [-0.2, 0) is 4.74 Å². The van der Waals surface area contributed by atoms with E-state index in [0.717, 1.165) is 13.0 Å². The van der Waals surface area contributed by atoms with Crippen LogP contribution in [0.5, 0.6) is 0 Å². The molecule has 0 amide bonds. The molecule has 3 nitrogen and oxygen atoms in total. The summed E-state index contributed by atoms with van der Waals surface area (Å²) >= 11 is 0. The average molecular weight is 260 g/mol. The van der Waals surface area contributed by atoms with Crippen LogP contribution in [0, 0.1) is 12.8 Å².